The fraction of sp³-hybridized carbons (Fsp3) is 0.333. The number of hydrogen-bond acceptors (Lipinski definition) is 8. The topological polar surface area (TPSA) is 121 Å². The Morgan fingerprint density at radius 3 is 2.76 bits per heavy atom. The van der Waals surface area contributed by atoms with E-state index in [9.17, 15) is 13.2 Å². The zero-order valence-corrected chi connectivity index (χ0v) is 20.1. The number of carbonyl (C=O) groups excluding carboxylic acids is 1. The largest absolute Gasteiger partial charge is 0.378 e. The molecule has 0 spiro atoms. The number of nitrogens with zero attached hydrogens (tertiary/aromatic N) is 2. The van der Waals surface area contributed by atoms with Gasteiger partial charge < -0.3 is 9.64 Å². The number of nitrogens with one attached hydrogen (secondary N) is 2. The number of benzene rings is 1. The van der Waals surface area contributed by atoms with Crippen molar-refractivity contribution in [1.29, 1.82) is 0 Å². The lowest BCUT2D eigenvalue weighted by molar-refractivity contribution is 0.0458. The van der Waals surface area contributed by atoms with E-state index in [0.29, 0.717) is 46.3 Å². The summed E-state index contributed by atoms with van der Waals surface area (Å²) in [5.41, 5.74) is 1.88. The van der Waals surface area contributed by atoms with Gasteiger partial charge in [-0.15, -0.1) is 11.3 Å². The molecule has 1 aliphatic rings. The van der Waals surface area contributed by atoms with Gasteiger partial charge in [0, 0.05) is 30.6 Å². The number of ether oxygens (including phenoxy) is 1. The van der Waals surface area contributed by atoms with E-state index in [1.54, 1.807) is 23.7 Å². The van der Waals surface area contributed by atoms with Gasteiger partial charge in [0.2, 0.25) is 0 Å². The number of anilines is 2. The molecule has 0 unspecified atom stereocenters. The molecule has 1 aromatic carbocycles. The van der Waals surface area contributed by atoms with Gasteiger partial charge in [-0.25, -0.2) is 18.9 Å². The molecule has 1 saturated heterocycles. The molecule has 3 N–H and O–H groups in total. The van der Waals surface area contributed by atoms with Gasteiger partial charge in [0.25, 0.3) is 15.9 Å². The van der Waals surface area contributed by atoms with Crippen LogP contribution in [0.3, 0.4) is 0 Å². The molecule has 0 radical (unpaired) electrons. The van der Waals surface area contributed by atoms with Crippen LogP contribution in [0.25, 0.3) is 10.1 Å². The van der Waals surface area contributed by atoms with Crippen molar-refractivity contribution in [3.8, 4) is 0 Å². The van der Waals surface area contributed by atoms with Crippen LogP contribution in [0.1, 0.15) is 29.4 Å². The Bertz CT molecular complexity index is 1270. The smallest absolute Gasteiger partial charge is 0.284 e. The Morgan fingerprint density at radius 2 is 2.06 bits per heavy atom. The molecular formula is C21H23ClN4O5S2. The van der Waals surface area contributed by atoms with Crippen LogP contribution in [0.4, 0.5) is 11.5 Å². The van der Waals surface area contributed by atoms with Crippen molar-refractivity contribution in [1.82, 2.24) is 10.5 Å². The molecule has 12 heteroatoms. The third kappa shape index (κ3) is 5.22. The minimum Gasteiger partial charge on any atom is -0.378 e. The summed E-state index contributed by atoms with van der Waals surface area (Å²) in [5.74, 6) is -0.140. The SMILES string of the molecule is CCOC1CCN(c2ncc(Cl)cc2NS(=O)(=O)c2ccc3cc(C(=O)NO)sc3c2)CC1. The number of piperidine rings is 1. The molecule has 0 saturated carbocycles. The Morgan fingerprint density at radius 1 is 1.30 bits per heavy atom. The number of thiophene rings is 1. The number of amides is 1. The molecule has 3 heterocycles. The maximum atomic E-state index is 13.2. The standard InChI is InChI=1S/C21H23ClN4O5S2/c1-2-31-15-5-7-26(8-6-15)20-17(10-14(22)12-23-20)25-33(29,30)16-4-3-13-9-19(21(27)24-28)32-18(13)11-16/h3-4,9-12,15,25,28H,2,5-8H2,1H3,(H,24,27). The van der Waals surface area contributed by atoms with Gasteiger partial charge in [-0.1, -0.05) is 17.7 Å². The summed E-state index contributed by atoms with van der Waals surface area (Å²) in [6.07, 6.45) is 3.33. The highest BCUT2D eigenvalue weighted by atomic mass is 35.5. The molecule has 2 aromatic heterocycles. The predicted octanol–water partition coefficient (Wildman–Crippen LogP) is 3.87. The van der Waals surface area contributed by atoms with Crippen LogP contribution in [-0.4, -0.2) is 50.3 Å². The molecule has 3 aromatic rings. The van der Waals surface area contributed by atoms with E-state index < -0.39 is 15.9 Å². The lowest BCUT2D eigenvalue weighted by Gasteiger charge is -2.33. The van der Waals surface area contributed by atoms with Crippen LogP contribution in [-0.2, 0) is 14.8 Å². The maximum absolute atomic E-state index is 13.2. The Balaban J connectivity index is 1.60. The molecular weight excluding hydrogens is 488 g/mol. The van der Waals surface area contributed by atoms with Gasteiger partial charge in [-0.05, 0) is 49.4 Å². The van der Waals surface area contributed by atoms with E-state index in [0.717, 1.165) is 24.2 Å². The monoisotopic (exact) mass is 510 g/mol. The second-order valence-electron chi connectivity index (χ2n) is 7.52. The summed E-state index contributed by atoms with van der Waals surface area (Å²) in [7, 11) is -3.96. The third-order valence-electron chi connectivity index (χ3n) is 5.35. The summed E-state index contributed by atoms with van der Waals surface area (Å²) < 4.78 is 35.3. The number of hydroxylamine groups is 1. The third-order valence-corrected chi connectivity index (χ3v) is 8.02. The predicted molar refractivity (Wildman–Crippen MR) is 128 cm³/mol. The van der Waals surface area contributed by atoms with Crippen LogP contribution in [0.2, 0.25) is 5.02 Å². The Kier molecular flexibility index (Phi) is 7.05. The van der Waals surface area contributed by atoms with Gasteiger partial charge in [-0.2, -0.15) is 0 Å². The second-order valence-corrected chi connectivity index (χ2v) is 10.7. The number of sulfonamides is 1. The lowest BCUT2D eigenvalue weighted by Crippen LogP contribution is -2.38. The van der Waals surface area contributed by atoms with Crippen LogP contribution in [0.15, 0.2) is 41.4 Å². The first kappa shape index (κ1) is 23.7. The van der Waals surface area contributed by atoms with Crippen molar-refractivity contribution >= 4 is 60.5 Å². The fourth-order valence-corrected chi connectivity index (χ4v) is 6.08. The fourth-order valence-electron chi connectivity index (χ4n) is 3.78. The average Bonchev–Trinajstić information content (AvgIpc) is 3.23. The van der Waals surface area contributed by atoms with Crippen molar-refractivity contribution in [3.05, 3.63) is 46.4 Å². The van der Waals surface area contributed by atoms with E-state index in [1.807, 2.05) is 11.8 Å². The number of pyridine rings is 1. The highest BCUT2D eigenvalue weighted by molar-refractivity contribution is 7.92. The molecule has 0 aliphatic carbocycles. The average molecular weight is 511 g/mol. The minimum absolute atomic E-state index is 0.0359. The van der Waals surface area contributed by atoms with Crippen LogP contribution in [0, 0.1) is 0 Å². The van der Waals surface area contributed by atoms with Gasteiger partial charge in [-0.3, -0.25) is 14.7 Å². The first-order valence-electron chi connectivity index (χ1n) is 10.3. The summed E-state index contributed by atoms with van der Waals surface area (Å²) in [5, 5.41) is 9.84. The van der Waals surface area contributed by atoms with Crippen LogP contribution in [0.5, 0.6) is 0 Å². The molecule has 1 amide bonds. The minimum atomic E-state index is -3.96. The number of rotatable bonds is 7. The highest BCUT2D eigenvalue weighted by Crippen LogP contribution is 2.33. The highest BCUT2D eigenvalue weighted by Gasteiger charge is 2.25. The number of aromatic nitrogens is 1. The summed E-state index contributed by atoms with van der Waals surface area (Å²) in [4.78, 5) is 18.4. The van der Waals surface area contributed by atoms with Crippen molar-refractivity contribution < 1.29 is 23.2 Å². The van der Waals surface area contributed by atoms with E-state index in [2.05, 4.69) is 9.71 Å². The first-order valence-corrected chi connectivity index (χ1v) is 13.0. The quantitative estimate of drug-likeness (QED) is 0.326. The molecule has 0 atom stereocenters. The lowest BCUT2D eigenvalue weighted by atomic mass is 10.1. The van der Waals surface area contributed by atoms with E-state index in [4.69, 9.17) is 21.5 Å². The summed E-state index contributed by atoms with van der Waals surface area (Å²) in [6.45, 7) is 4.00. The first-order chi connectivity index (χ1) is 15.8. The number of carbonyl (C=O) groups is 1. The van der Waals surface area contributed by atoms with Crippen LogP contribution >= 0.6 is 22.9 Å². The Hall–Kier alpha value is -2.44. The zero-order chi connectivity index (χ0) is 23.6. The molecule has 4 rings (SSSR count). The second kappa shape index (κ2) is 9.82. The summed E-state index contributed by atoms with van der Waals surface area (Å²) >= 11 is 7.21. The number of fused-ring (bicyclic) bond motifs is 1. The maximum Gasteiger partial charge on any atom is 0.284 e. The normalized spacial score (nSPS) is 15.1. The summed E-state index contributed by atoms with van der Waals surface area (Å²) in [6, 6.07) is 7.69. The van der Waals surface area contributed by atoms with Crippen molar-refractivity contribution in [3.63, 3.8) is 0 Å². The zero-order valence-electron chi connectivity index (χ0n) is 17.7. The van der Waals surface area contributed by atoms with Gasteiger partial charge in [0.15, 0.2) is 5.82 Å². The van der Waals surface area contributed by atoms with Crippen LogP contribution < -0.4 is 15.1 Å². The molecule has 176 valence electrons. The van der Waals surface area contributed by atoms with Gasteiger partial charge in [0.05, 0.1) is 26.6 Å². The molecule has 1 aliphatic heterocycles. The van der Waals surface area contributed by atoms with E-state index >= 15 is 0 Å². The van der Waals surface area contributed by atoms with E-state index in [1.165, 1.54) is 18.3 Å². The van der Waals surface area contributed by atoms with Crippen molar-refractivity contribution in [2.45, 2.75) is 30.8 Å². The van der Waals surface area contributed by atoms with Gasteiger partial charge >= 0.3 is 0 Å². The van der Waals surface area contributed by atoms with Crippen molar-refractivity contribution in [2.24, 2.45) is 0 Å². The molecule has 33 heavy (non-hydrogen) atoms. The Labute approximate surface area is 200 Å². The van der Waals surface area contributed by atoms with Gasteiger partial charge in [0.1, 0.15) is 0 Å². The molecule has 9 nitrogen and oxygen atoms in total. The molecule has 1 fully saturated rings. The van der Waals surface area contributed by atoms with E-state index in [-0.39, 0.29) is 15.9 Å². The van der Waals surface area contributed by atoms with Crippen molar-refractivity contribution in [2.75, 3.05) is 29.3 Å². The number of hydrogen-bond donors (Lipinski definition) is 3. The molecule has 0 bridgehead atoms. The number of halogens is 1.